The largest absolute Gasteiger partial charge is 0.444 e. The molecule has 4 nitrogen and oxygen atoms in total. The highest BCUT2D eigenvalue weighted by atomic mass is 32.1. The van der Waals surface area contributed by atoms with Crippen molar-refractivity contribution in [3.63, 3.8) is 0 Å². The molecular weight excluding hydrogens is 262 g/mol. The molecule has 1 saturated heterocycles. The van der Waals surface area contributed by atoms with Gasteiger partial charge >= 0.3 is 6.09 Å². The second-order valence-electron chi connectivity index (χ2n) is 5.72. The number of carbonyl (C=O) groups excluding carboxylic acids is 1. The van der Waals surface area contributed by atoms with Gasteiger partial charge in [0.25, 0.3) is 0 Å². The summed E-state index contributed by atoms with van der Waals surface area (Å²) in [6.45, 7) is 7.18. The predicted octanol–water partition coefficient (Wildman–Crippen LogP) is 3.99. The molecule has 2 rings (SSSR count). The first-order valence-electron chi connectivity index (χ1n) is 6.61. The molecule has 0 bridgehead atoms. The molecule has 0 radical (unpaired) electrons. The van der Waals surface area contributed by atoms with Gasteiger partial charge in [-0.2, -0.15) is 0 Å². The van der Waals surface area contributed by atoms with Crippen molar-refractivity contribution in [2.24, 2.45) is 0 Å². The zero-order valence-corrected chi connectivity index (χ0v) is 12.5. The standard InChI is InChI=1S/C14H21NO3S/c1-14(2,3)18-13(16)15-12-11(6-9-19-12)10-4-7-17-8-5-10/h6,9-10H,4-5,7-8H2,1-3H3,(H,15,16). The van der Waals surface area contributed by atoms with Crippen molar-refractivity contribution >= 4 is 22.4 Å². The van der Waals surface area contributed by atoms with Crippen LogP contribution in [0.1, 0.15) is 45.1 Å². The van der Waals surface area contributed by atoms with Crippen LogP contribution in [-0.4, -0.2) is 24.9 Å². The van der Waals surface area contributed by atoms with E-state index in [9.17, 15) is 4.79 Å². The minimum atomic E-state index is -0.472. The lowest BCUT2D eigenvalue weighted by molar-refractivity contribution is 0.0636. The van der Waals surface area contributed by atoms with Crippen molar-refractivity contribution in [2.45, 2.75) is 45.1 Å². The number of carbonyl (C=O) groups is 1. The van der Waals surface area contributed by atoms with Crippen LogP contribution < -0.4 is 5.32 Å². The molecule has 1 aromatic heterocycles. The van der Waals surface area contributed by atoms with E-state index in [2.05, 4.69) is 11.4 Å². The normalized spacial score (nSPS) is 17.2. The Balaban J connectivity index is 2.01. The fraction of sp³-hybridized carbons (Fsp3) is 0.643. The summed E-state index contributed by atoms with van der Waals surface area (Å²) in [5, 5.41) is 5.78. The Morgan fingerprint density at radius 3 is 2.74 bits per heavy atom. The van der Waals surface area contributed by atoms with Gasteiger partial charge in [-0.15, -0.1) is 11.3 Å². The second-order valence-corrected chi connectivity index (χ2v) is 6.63. The van der Waals surface area contributed by atoms with Gasteiger partial charge in [-0.1, -0.05) is 0 Å². The van der Waals surface area contributed by atoms with Crippen LogP contribution in [0.4, 0.5) is 9.80 Å². The molecule has 1 amide bonds. The van der Waals surface area contributed by atoms with Crippen LogP contribution in [0.25, 0.3) is 0 Å². The van der Waals surface area contributed by atoms with E-state index in [1.54, 1.807) is 11.3 Å². The molecule has 19 heavy (non-hydrogen) atoms. The molecule has 1 aromatic rings. The number of rotatable bonds is 2. The van der Waals surface area contributed by atoms with E-state index in [4.69, 9.17) is 9.47 Å². The summed E-state index contributed by atoms with van der Waals surface area (Å²) in [6, 6.07) is 2.09. The molecule has 1 aliphatic heterocycles. The van der Waals surface area contributed by atoms with Crippen molar-refractivity contribution in [3.05, 3.63) is 17.0 Å². The van der Waals surface area contributed by atoms with Gasteiger partial charge in [-0.3, -0.25) is 5.32 Å². The molecule has 0 aliphatic carbocycles. The average molecular weight is 283 g/mol. The molecule has 1 aliphatic rings. The van der Waals surface area contributed by atoms with Gasteiger partial charge < -0.3 is 9.47 Å². The van der Waals surface area contributed by atoms with Gasteiger partial charge in [0.1, 0.15) is 10.6 Å². The van der Waals surface area contributed by atoms with Gasteiger partial charge in [0.15, 0.2) is 0 Å². The van der Waals surface area contributed by atoms with Crippen molar-refractivity contribution in [1.82, 2.24) is 0 Å². The predicted molar refractivity (Wildman–Crippen MR) is 77.0 cm³/mol. The zero-order chi connectivity index (χ0) is 13.9. The van der Waals surface area contributed by atoms with Gasteiger partial charge in [-0.05, 0) is 56.5 Å². The summed E-state index contributed by atoms with van der Waals surface area (Å²) >= 11 is 1.54. The quantitative estimate of drug-likeness (QED) is 0.892. The maximum atomic E-state index is 11.8. The molecule has 5 heteroatoms. The van der Waals surface area contributed by atoms with E-state index >= 15 is 0 Å². The Labute approximate surface area is 118 Å². The third kappa shape index (κ3) is 4.21. The first-order valence-corrected chi connectivity index (χ1v) is 7.49. The van der Waals surface area contributed by atoms with Crippen molar-refractivity contribution in [1.29, 1.82) is 0 Å². The van der Waals surface area contributed by atoms with Crippen LogP contribution in [-0.2, 0) is 9.47 Å². The topological polar surface area (TPSA) is 47.6 Å². The van der Waals surface area contributed by atoms with Gasteiger partial charge in [0.05, 0.1) is 0 Å². The fourth-order valence-electron chi connectivity index (χ4n) is 2.15. The van der Waals surface area contributed by atoms with Crippen LogP contribution in [0.15, 0.2) is 11.4 Å². The van der Waals surface area contributed by atoms with E-state index in [1.807, 2.05) is 26.2 Å². The van der Waals surface area contributed by atoms with E-state index < -0.39 is 5.60 Å². The lowest BCUT2D eigenvalue weighted by Crippen LogP contribution is -2.27. The maximum absolute atomic E-state index is 11.8. The third-order valence-corrected chi connectivity index (χ3v) is 3.82. The Bertz CT molecular complexity index is 430. The molecule has 0 saturated carbocycles. The van der Waals surface area contributed by atoms with Crippen LogP contribution in [0, 0.1) is 0 Å². The summed E-state index contributed by atoms with van der Waals surface area (Å²) in [7, 11) is 0. The Kier molecular flexibility index (Phi) is 4.47. The summed E-state index contributed by atoms with van der Waals surface area (Å²) < 4.78 is 10.7. The molecule has 2 heterocycles. The van der Waals surface area contributed by atoms with Gasteiger partial charge in [0, 0.05) is 13.2 Å². The van der Waals surface area contributed by atoms with Crippen LogP contribution in [0.3, 0.4) is 0 Å². The number of hydrogen-bond donors (Lipinski definition) is 1. The first kappa shape index (κ1) is 14.3. The molecule has 0 atom stereocenters. The number of thiophene rings is 1. The average Bonchev–Trinajstić information content (AvgIpc) is 2.75. The van der Waals surface area contributed by atoms with Crippen LogP contribution >= 0.6 is 11.3 Å². The lowest BCUT2D eigenvalue weighted by atomic mass is 9.93. The first-order chi connectivity index (χ1) is 8.96. The van der Waals surface area contributed by atoms with E-state index in [1.165, 1.54) is 5.56 Å². The summed E-state index contributed by atoms with van der Waals surface area (Å²) in [4.78, 5) is 11.8. The molecule has 1 fully saturated rings. The number of ether oxygens (including phenoxy) is 2. The Morgan fingerprint density at radius 2 is 2.11 bits per heavy atom. The van der Waals surface area contributed by atoms with Crippen molar-refractivity contribution in [3.8, 4) is 0 Å². The summed E-state index contributed by atoms with van der Waals surface area (Å²) in [6.07, 6.45) is 1.64. The van der Waals surface area contributed by atoms with Crippen molar-refractivity contribution < 1.29 is 14.3 Å². The highest BCUT2D eigenvalue weighted by molar-refractivity contribution is 7.14. The number of anilines is 1. The highest BCUT2D eigenvalue weighted by Crippen LogP contribution is 2.36. The number of amides is 1. The Morgan fingerprint density at radius 1 is 1.42 bits per heavy atom. The molecule has 106 valence electrons. The van der Waals surface area contributed by atoms with Crippen molar-refractivity contribution in [2.75, 3.05) is 18.5 Å². The van der Waals surface area contributed by atoms with E-state index in [0.29, 0.717) is 5.92 Å². The lowest BCUT2D eigenvalue weighted by Gasteiger charge is -2.23. The minimum absolute atomic E-state index is 0.386. The third-order valence-electron chi connectivity index (χ3n) is 2.97. The van der Waals surface area contributed by atoms with E-state index in [-0.39, 0.29) is 6.09 Å². The molecule has 0 unspecified atom stereocenters. The zero-order valence-electron chi connectivity index (χ0n) is 11.7. The monoisotopic (exact) mass is 283 g/mol. The maximum Gasteiger partial charge on any atom is 0.412 e. The van der Waals surface area contributed by atoms with Crippen LogP contribution in [0.5, 0.6) is 0 Å². The summed E-state index contributed by atoms with van der Waals surface area (Å²) in [5.41, 5.74) is 0.736. The molecule has 1 N–H and O–H groups in total. The SMILES string of the molecule is CC(C)(C)OC(=O)Nc1sccc1C1CCOCC1. The second kappa shape index (κ2) is 5.92. The fourth-order valence-corrected chi connectivity index (χ4v) is 3.01. The number of hydrogen-bond acceptors (Lipinski definition) is 4. The molecule has 0 spiro atoms. The molecular formula is C14H21NO3S. The highest BCUT2D eigenvalue weighted by Gasteiger charge is 2.22. The minimum Gasteiger partial charge on any atom is -0.444 e. The van der Waals surface area contributed by atoms with Gasteiger partial charge in [-0.25, -0.2) is 4.79 Å². The van der Waals surface area contributed by atoms with Crippen LogP contribution in [0.2, 0.25) is 0 Å². The molecule has 0 aromatic carbocycles. The Hall–Kier alpha value is -1.07. The summed E-state index contributed by atoms with van der Waals surface area (Å²) in [5.74, 6) is 0.477. The van der Waals surface area contributed by atoms with E-state index in [0.717, 1.165) is 31.1 Å². The van der Waals surface area contributed by atoms with Gasteiger partial charge in [0.2, 0.25) is 0 Å². The number of nitrogens with one attached hydrogen (secondary N) is 1. The smallest absolute Gasteiger partial charge is 0.412 e.